The molecule has 0 aliphatic carbocycles. The van der Waals surface area contributed by atoms with E-state index >= 15 is 0 Å². The molecule has 1 N–H and O–H groups in total. The third-order valence-corrected chi connectivity index (χ3v) is 2.78. The van der Waals surface area contributed by atoms with Crippen LogP contribution < -0.4 is 0 Å². The molecule has 0 radical (unpaired) electrons. The van der Waals surface area contributed by atoms with Gasteiger partial charge in [-0.05, 0) is 18.9 Å². The van der Waals surface area contributed by atoms with E-state index in [9.17, 15) is 13.2 Å². The molecule has 8 heteroatoms. The zero-order valence-electron chi connectivity index (χ0n) is 7.58. The number of azide groups is 1. The highest BCUT2D eigenvalue weighted by molar-refractivity contribution is 7.72. The van der Waals surface area contributed by atoms with Gasteiger partial charge in [0.15, 0.2) is 0 Å². The van der Waals surface area contributed by atoms with Gasteiger partial charge in [0.05, 0.1) is 11.2 Å². The fourth-order valence-electron chi connectivity index (χ4n) is 0.880. The molecule has 0 saturated heterocycles. The van der Waals surface area contributed by atoms with Crippen LogP contribution in [0.4, 0.5) is 0 Å². The van der Waals surface area contributed by atoms with Crippen LogP contribution in [0.5, 0.6) is 0 Å². The van der Waals surface area contributed by atoms with Crippen LogP contribution in [0.3, 0.4) is 0 Å². The van der Waals surface area contributed by atoms with Crippen LogP contribution in [-0.4, -0.2) is 31.8 Å². The standard InChI is InChI=1S/C6H11N3O4S/c1-6(5(10)11,4-14(12)13)2-3-8-9-7/h14H,2-4H2,1H3,(H,10,11). The molecular weight excluding hydrogens is 210 g/mol. The summed E-state index contributed by atoms with van der Waals surface area (Å²) in [6, 6.07) is 0. The molecule has 0 bridgehead atoms. The summed E-state index contributed by atoms with van der Waals surface area (Å²) in [5.74, 6) is -1.65. The first-order chi connectivity index (χ1) is 6.42. The average Bonchev–Trinajstić information content (AvgIpc) is 2.03. The van der Waals surface area contributed by atoms with Crippen molar-refractivity contribution in [3.8, 4) is 0 Å². The van der Waals surface area contributed by atoms with Gasteiger partial charge in [-0.25, -0.2) is 8.42 Å². The number of hydrogen-bond donors (Lipinski definition) is 2. The van der Waals surface area contributed by atoms with Crippen molar-refractivity contribution in [2.45, 2.75) is 13.3 Å². The van der Waals surface area contributed by atoms with E-state index in [4.69, 9.17) is 10.6 Å². The Labute approximate surface area is 82.3 Å². The Bertz CT molecular complexity index is 326. The van der Waals surface area contributed by atoms with Crippen molar-refractivity contribution in [3.63, 3.8) is 0 Å². The highest BCUT2D eigenvalue weighted by Gasteiger charge is 2.33. The lowest BCUT2D eigenvalue weighted by Crippen LogP contribution is -2.32. The quantitative estimate of drug-likeness (QED) is 0.291. The van der Waals surface area contributed by atoms with Gasteiger partial charge in [-0.3, -0.25) is 4.79 Å². The third kappa shape index (κ3) is 4.11. The first-order valence-electron chi connectivity index (χ1n) is 3.78. The second-order valence-electron chi connectivity index (χ2n) is 3.06. The van der Waals surface area contributed by atoms with E-state index < -0.39 is 27.8 Å². The number of thiol groups is 1. The molecule has 14 heavy (non-hydrogen) atoms. The van der Waals surface area contributed by atoms with E-state index in [2.05, 4.69) is 10.0 Å². The summed E-state index contributed by atoms with van der Waals surface area (Å²) in [5, 5.41) is 11.9. The largest absolute Gasteiger partial charge is 0.481 e. The summed E-state index contributed by atoms with van der Waals surface area (Å²) >= 11 is 0. The molecular formula is C6H11N3O4S. The van der Waals surface area contributed by atoms with E-state index in [1.54, 1.807) is 0 Å². The lowest BCUT2D eigenvalue weighted by atomic mass is 9.89. The molecule has 0 spiro atoms. The minimum absolute atomic E-state index is 0.00963. The number of nitrogens with zero attached hydrogens (tertiary/aromatic N) is 3. The summed E-state index contributed by atoms with van der Waals surface area (Å²) in [6.45, 7) is 1.29. The van der Waals surface area contributed by atoms with E-state index in [1.807, 2.05) is 0 Å². The predicted octanol–water partition coefficient (Wildman–Crippen LogP) is 0.389. The summed E-state index contributed by atoms with van der Waals surface area (Å²) < 4.78 is 20.8. The number of rotatable bonds is 6. The molecule has 0 aromatic heterocycles. The van der Waals surface area contributed by atoms with Gasteiger partial charge in [0.25, 0.3) is 0 Å². The van der Waals surface area contributed by atoms with E-state index in [-0.39, 0.29) is 13.0 Å². The Balaban J connectivity index is 4.54. The Morgan fingerprint density at radius 3 is 2.57 bits per heavy atom. The van der Waals surface area contributed by atoms with Crippen LogP contribution in [0.2, 0.25) is 0 Å². The van der Waals surface area contributed by atoms with E-state index in [0.29, 0.717) is 0 Å². The van der Waals surface area contributed by atoms with Gasteiger partial charge in [-0.15, -0.1) is 0 Å². The molecule has 0 saturated carbocycles. The van der Waals surface area contributed by atoms with Crippen LogP contribution in [0.1, 0.15) is 13.3 Å². The van der Waals surface area contributed by atoms with E-state index in [1.165, 1.54) is 6.92 Å². The number of hydrogen-bond acceptors (Lipinski definition) is 4. The Morgan fingerprint density at radius 1 is 1.64 bits per heavy atom. The molecule has 0 rings (SSSR count). The highest BCUT2D eigenvalue weighted by atomic mass is 32.2. The highest BCUT2D eigenvalue weighted by Crippen LogP contribution is 2.22. The van der Waals surface area contributed by atoms with Crippen LogP contribution in [0.15, 0.2) is 5.11 Å². The molecule has 1 atom stereocenters. The second kappa shape index (κ2) is 5.46. The number of carboxylic acid groups (broad SMARTS) is 1. The Morgan fingerprint density at radius 2 is 2.21 bits per heavy atom. The van der Waals surface area contributed by atoms with Gasteiger partial charge in [-0.1, -0.05) is 5.11 Å². The first-order valence-corrected chi connectivity index (χ1v) is 5.15. The van der Waals surface area contributed by atoms with Crippen molar-refractivity contribution in [1.29, 1.82) is 0 Å². The van der Waals surface area contributed by atoms with Gasteiger partial charge in [-0.2, -0.15) is 0 Å². The Hall–Kier alpha value is -1.27. The molecule has 7 nitrogen and oxygen atoms in total. The molecule has 0 heterocycles. The van der Waals surface area contributed by atoms with Crippen LogP contribution in [0.25, 0.3) is 10.4 Å². The van der Waals surface area contributed by atoms with Crippen molar-refractivity contribution < 1.29 is 18.3 Å². The lowest BCUT2D eigenvalue weighted by Gasteiger charge is -2.20. The summed E-state index contributed by atoms with van der Waals surface area (Å²) in [7, 11) is -2.76. The zero-order valence-corrected chi connectivity index (χ0v) is 8.48. The van der Waals surface area contributed by atoms with Crippen molar-refractivity contribution in [1.82, 2.24) is 0 Å². The number of carbonyl (C=O) groups is 1. The first kappa shape index (κ1) is 12.7. The van der Waals surface area contributed by atoms with Gasteiger partial charge in [0.2, 0.25) is 0 Å². The average molecular weight is 221 g/mol. The summed E-state index contributed by atoms with van der Waals surface area (Å²) in [6.07, 6.45) is 0.00963. The molecule has 0 aromatic carbocycles. The number of aliphatic carboxylic acids is 1. The molecule has 0 aromatic rings. The smallest absolute Gasteiger partial charge is 0.310 e. The van der Waals surface area contributed by atoms with Crippen LogP contribution in [-0.2, 0) is 15.5 Å². The minimum Gasteiger partial charge on any atom is -0.481 e. The van der Waals surface area contributed by atoms with Gasteiger partial charge in [0.1, 0.15) is 10.7 Å². The molecule has 0 fully saturated rings. The monoisotopic (exact) mass is 221 g/mol. The molecule has 80 valence electrons. The van der Waals surface area contributed by atoms with Gasteiger partial charge >= 0.3 is 5.97 Å². The van der Waals surface area contributed by atoms with Crippen molar-refractivity contribution in [2.24, 2.45) is 10.5 Å². The SMILES string of the molecule is CC(CCN=[N+]=[N-])(C[SH](=O)=O)C(=O)O. The predicted molar refractivity (Wildman–Crippen MR) is 49.6 cm³/mol. The normalized spacial score (nSPS) is 14.4. The summed E-state index contributed by atoms with van der Waals surface area (Å²) in [5.41, 5.74) is 6.60. The van der Waals surface area contributed by atoms with Gasteiger partial charge < -0.3 is 5.11 Å². The summed E-state index contributed by atoms with van der Waals surface area (Å²) in [4.78, 5) is 13.2. The minimum atomic E-state index is -2.76. The molecule has 0 aliphatic rings. The topological polar surface area (TPSA) is 120 Å². The number of carboxylic acids is 1. The zero-order chi connectivity index (χ0) is 11.2. The Kier molecular flexibility index (Phi) is 4.96. The van der Waals surface area contributed by atoms with Crippen molar-refractivity contribution >= 4 is 16.7 Å². The lowest BCUT2D eigenvalue weighted by molar-refractivity contribution is -0.146. The molecule has 0 amide bonds. The van der Waals surface area contributed by atoms with Crippen LogP contribution >= 0.6 is 0 Å². The molecule has 0 aliphatic heterocycles. The molecule has 1 unspecified atom stereocenters. The fraction of sp³-hybridized carbons (Fsp3) is 0.833. The van der Waals surface area contributed by atoms with E-state index in [0.717, 1.165) is 0 Å². The maximum Gasteiger partial charge on any atom is 0.310 e. The maximum atomic E-state index is 10.7. The van der Waals surface area contributed by atoms with Gasteiger partial charge in [0, 0.05) is 11.5 Å². The maximum absolute atomic E-state index is 10.7. The third-order valence-electron chi connectivity index (χ3n) is 1.82. The van der Waals surface area contributed by atoms with Crippen molar-refractivity contribution in [3.05, 3.63) is 10.4 Å². The van der Waals surface area contributed by atoms with Crippen molar-refractivity contribution in [2.75, 3.05) is 12.3 Å². The second-order valence-corrected chi connectivity index (χ2v) is 4.04. The van der Waals surface area contributed by atoms with Crippen LogP contribution in [0, 0.1) is 5.41 Å². The fourth-order valence-corrected chi connectivity index (χ4v) is 1.74.